The maximum Gasteiger partial charge on any atom is 0.326 e. The van der Waals surface area contributed by atoms with Crippen LogP contribution in [0.15, 0.2) is 30.5 Å². The van der Waals surface area contributed by atoms with Crippen molar-refractivity contribution in [2.75, 3.05) is 11.5 Å². The molecule has 1 heterocycles. The van der Waals surface area contributed by atoms with Crippen molar-refractivity contribution in [1.29, 1.82) is 0 Å². The topological polar surface area (TPSA) is 166 Å². The predicted molar refractivity (Wildman–Crippen MR) is 136 cm³/mol. The average molecular weight is 510 g/mol. The zero-order valence-corrected chi connectivity index (χ0v) is 20.7. The van der Waals surface area contributed by atoms with E-state index in [9.17, 15) is 24.3 Å². The molecule has 4 unspecified atom stereocenters. The Morgan fingerprint density at radius 2 is 1.59 bits per heavy atom. The molecule has 0 radical (unpaired) electrons. The van der Waals surface area contributed by atoms with Crippen LogP contribution in [0, 0.1) is 5.92 Å². The van der Waals surface area contributed by atoms with Crippen molar-refractivity contribution in [1.82, 2.24) is 20.9 Å². The smallest absolute Gasteiger partial charge is 0.326 e. The normalized spacial score (nSPS) is 14.8. The molecule has 2 aromatic rings. The molecule has 0 aliphatic rings. The van der Waals surface area contributed by atoms with Crippen LogP contribution in [0.2, 0.25) is 0 Å². The van der Waals surface area contributed by atoms with Gasteiger partial charge in [-0.2, -0.15) is 25.3 Å². The molecule has 0 fully saturated rings. The highest BCUT2D eigenvalue weighted by Gasteiger charge is 2.31. The number of benzene rings is 1. The minimum Gasteiger partial charge on any atom is -0.480 e. The second kappa shape index (κ2) is 12.7. The number of carboxylic acids is 1. The summed E-state index contributed by atoms with van der Waals surface area (Å²) in [6.07, 6.45) is 1.83. The van der Waals surface area contributed by atoms with Crippen molar-refractivity contribution in [2.45, 2.75) is 44.4 Å². The summed E-state index contributed by atoms with van der Waals surface area (Å²) >= 11 is 8.10. The van der Waals surface area contributed by atoms with Crippen LogP contribution in [0.1, 0.15) is 19.4 Å². The molecule has 0 saturated carbocycles. The summed E-state index contributed by atoms with van der Waals surface area (Å²) in [5.74, 6) is -3.39. The Balaban J connectivity index is 2.28. The van der Waals surface area contributed by atoms with Crippen molar-refractivity contribution in [3.05, 3.63) is 36.0 Å². The molecule has 0 saturated heterocycles. The molecule has 3 amide bonds. The molecule has 7 N–H and O–H groups in total. The quantitative estimate of drug-likeness (QED) is 0.189. The van der Waals surface area contributed by atoms with E-state index >= 15 is 0 Å². The number of aromatic nitrogens is 1. The Bertz CT molecular complexity index is 1030. The number of nitrogens with two attached hydrogens (primary N) is 1. The number of carbonyl (C=O) groups is 4. The van der Waals surface area contributed by atoms with Crippen molar-refractivity contribution >= 4 is 59.9 Å². The number of aromatic amines is 1. The van der Waals surface area contributed by atoms with Gasteiger partial charge in [-0.25, -0.2) is 4.79 Å². The molecule has 186 valence electrons. The van der Waals surface area contributed by atoms with Crippen LogP contribution in [-0.4, -0.2) is 69.5 Å². The molecule has 0 aliphatic carbocycles. The van der Waals surface area contributed by atoms with Crippen LogP contribution in [0.25, 0.3) is 10.9 Å². The number of para-hydroxylation sites is 1. The molecule has 12 heteroatoms. The fourth-order valence-corrected chi connectivity index (χ4v) is 3.75. The summed E-state index contributed by atoms with van der Waals surface area (Å²) in [6.45, 7) is 3.34. The van der Waals surface area contributed by atoms with Crippen molar-refractivity contribution in [3.63, 3.8) is 0 Å². The Kier molecular flexibility index (Phi) is 10.3. The standard InChI is InChI=1S/C22H31N5O5S2/c1-11(2)18(22(31)32)27-20(29)16(7-12-8-24-15-6-4-3-5-13(12)15)25-21(30)17(10-34)26-19(28)14(23)9-33/h3-6,8,11,14,16-18,24,33-34H,7,9-10,23H2,1-2H3,(H,25,30)(H,26,28)(H,27,29)(H,31,32). The van der Waals surface area contributed by atoms with Gasteiger partial charge < -0.3 is 31.8 Å². The zero-order valence-electron chi connectivity index (χ0n) is 18.9. The minimum absolute atomic E-state index is 0.0396. The number of hydrogen-bond acceptors (Lipinski definition) is 7. The first kappa shape index (κ1) is 27.5. The Hall–Kier alpha value is -2.70. The summed E-state index contributed by atoms with van der Waals surface area (Å²) < 4.78 is 0. The number of hydrogen-bond donors (Lipinski definition) is 8. The lowest BCUT2D eigenvalue weighted by Gasteiger charge is -2.25. The van der Waals surface area contributed by atoms with Gasteiger partial charge in [0.15, 0.2) is 0 Å². The summed E-state index contributed by atoms with van der Waals surface area (Å²) in [5.41, 5.74) is 7.27. The average Bonchev–Trinajstić information content (AvgIpc) is 3.21. The van der Waals surface area contributed by atoms with E-state index in [0.29, 0.717) is 0 Å². The van der Waals surface area contributed by atoms with Gasteiger partial charge in [-0.3, -0.25) is 14.4 Å². The molecule has 34 heavy (non-hydrogen) atoms. The molecule has 10 nitrogen and oxygen atoms in total. The molecule has 1 aromatic heterocycles. The largest absolute Gasteiger partial charge is 0.480 e. The monoisotopic (exact) mass is 509 g/mol. The van der Waals surface area contributed by atoms with Crippen molar-refractivity contribution in [3.8, 4) is 0 Å². The first-order valence-electron chi connectivity index (χ1n) is 10.7. The first-order chi connectivity index (χ1) is 16.1. The lowest BCUT2D eigenvalue weighted by molar-refractivity contribution is -0.143. The molecule has 0 aliphatic heterocycles. The molecular weight excluding hydrogens is 478 g/mol. The van der Waals surface area contributed by atoms with Gasteiger partial charge in [-0.15, -0.1) is 0 Å². The van der Waals surface area contributed by atoms with Crippen LogP contribution in [0.3, 0.4) is 0 Å². The van der Waals surface area contributed by atoms with E-state index in [2.05, 4.69) is 46.2 Å². The molecular formula is C22H31N5O5S2. The number of thiol groups is 2. The number of aliphatic carboxylic acids is 1. The van der Waals surface area contributed by atoms with Gasteiger partial charge in [-0.05, 0) is 17.5 Å². The van der Waals surface area contributed by atoms with Crippen LogP contribution in [-0.2, 0) is 25.6 Å². The van der Waals surface area contributed by atoms with Crippen molar-refractivity contribution in [2.24, 2.45) is 11.7 Å². The summed E-state index contributed by atoms with van der Waals surface area (Å²) in [4.78, 5) is 52.9. The van der Waals surface area contributed by atoms with Gasteiger partial charge in [0.05, 0.1) is 6.04 Å². The summed E-state index contributed by atoms with van der Waals surface area (Å²) in [7, 11) is 0. The zero-order chi connectivity index (χ0) is 25.4. The number of carbonyl (C=O) groups excluding carboxylic acids is 3. The van der Waals surface area contributed by atoms with E-state index in [1.54, 1.807) is 20.0 Å². The lowest BCUT2D eigenvalue weighted by Crippen LogP contribution is -2.58. The van der Waals surface area contributed by atoms with E-state index in [1.165, 1.54) is 0 Å². The highest BCUT2D eigenvalue weighted by Crippen LogP contribution is 2.19. The number of rotatable bonds is 12. The van der Waals surface area contributed by atoms with Gasteiger partial charge >= 0.3 is 5.97 Å². The second-order valence-electron chi connectivity index (χ2n) is 8.23. The number of amides is 3. The van der Waals surface area contributed by atoms with E-state index in [4.69, 9.17) is 5.73 Å². The summed E-state index contributed by atoms with van der Waals surface area (Å²) in [5, 5.41) is 18.0. The molecule has 0 spiro atoms. The van der Waals surface area contributed by atoms with Gasteiger partial charge in [0, 0.05) is 35.0 Å². The Morgan fingerprint density at radius 1 is 0.971 bits per heavy atom. The SMILES string of the molecule is CC(C)C(NC(=O)C(Cc1c[nH]c2ccccc12)NC(=O)C(CS)NC(=O)C(N)CS)C(=O)O. The Morgan fingerprint density at radius 3 is 2.18 bits per heavy atom. The van der Waals surface area contributed by atoms with E-state index in [1.807, 2.05) is 24.3 Å². The number of carboxylic acid groups (broad SMARTS) is 1. The fraction of sp³-hybridized carbons (Fsp3) is 0.455. The second-order valence-corrected chi connectivity index (χ2v) is 8.96. The van der Waals surface area contributed by atoms with Crippen LogP contribution in [0.5, 0.6) is 0 Å². The molecule has 2 rings (SSSR count). The van der Waals surface area contributed by atoms with Crippen LogP contribution in [0.4, 0.5) is 0 Å². The van der Waals surface area contributed by atoms with Gasteiger partial charge in [0.2, 0.25) is 17.7 Å². The predicted octanol–water partition coefficient (Wildman–Crippen LogP) is 0.0923. The Labute approximate surface area is 208 Å². The van der Waals surface area contributed by atoms with Gasteiger partial charge in [-0.1, -0.05) is 32.0 Å². The third kappa shape index (κ3) is 7.15. The maximum atomic E-state index is 13.1. The van der Waals surface area contributed by atoms with E-state index < -0.39 is 47.9 Å². The van der Waals surface area contributed by atoms with Gasteiger partial charge in [0.25, 0.3) is 0 Å². The lowest BCUT2D eigenvalue weighted by atomic mass is 10.0. The van der Waals surface area contributed by atoms with Crippen LogP contribution < -0.4 is 21.7 Å². The minimum atomic E-state index is -1.18. The van der Waals surface area contributed by atoms with Gasteiger partial charge in [0.1, 0.15) is 18.1 Å². The third-order valence-electron chi connectivity index (χ3n) is 5.31. The third-order valence-corrected chi connectivity index (χ3v) is 6.07. The maximum absolute atomic E-state index is 13.1. The number of fused-ring (bicyclic) bond motifs is 1. The summed E-state index contributed by atoms with van der Waals surface area (Å²) in [6, 6.07) is 3.26. The van der Waals surface area contributed by atoms with Crippen LogP contribution >= 0.6 is 25.3 Å². The fourth-order valence-electron chi connectivity index (χ4n) is 3.33. The number of H-pyrrole nitrogens is 1. The number of nitrogens with one attached hydrogen (secondary N) is 4. The van der Waals surface area contributed by atoms with E-state index in [0.717, 1.165) is 16.5 Å². The molecule has 1 aromatic carbocycles. The molecule has 4 atom stereocenters. The highest BCUT2D eigenvalue weighted by atomic mass is 32.1. The van der Waals surface area contributed by atoms with Crippen molar-refractivity contribution < 1.29 is 24.3 Å². The molecule has 0 bridgehead atoms. The first-order valence-corrected chi connectivity index (χ1v) is 12.0. The van der Waals surface area contributed by atoms with E-state index in [-0.39, 0.29) is 23.8 Å². The highest BCUT2D eigenvalue weighted by molar-refractivity contribution is 7.80.